The predicted octanol–water partition coefficient (Wildman–Crippen LogP) is 2.60. The lowest BCUT2D eigenvalue weighted by atomic mass is 10.1. The van der Waals surface area contributed by atoms with E-state index in [1.54, 1.807) is 0 Å². The second-order valence-corrected chi connectivity index (χ2v) is 4.61. The summed E-state index contributed by atoms with van der Waals surface area (Å²) in [6, 6.07) is 7.18. The topological polar surface area (TPSA) is 38.0 Å². The molecule has 1 aliphatic rings. The molecule has 2 nitrogen and oxygen atoms in total. The summed E-state index contributed by atoms with van der Waals surface area (Å²) in [5.41, 5.74) is 9.97. The fourth-order valence-corrected chi connectivity index (χ4v) is 2.40. The first kappa shape index (κ1) is 10.5. The smallest absolute Gasteiger partial charge is 0.0412 e. The molecule has 0 aliphatic heterocycles. The predicted molar refractivity (Wildman–Crippen MR) is 65.2 cm³/mol. The second kappa shape index (κ2) is 4.23. The zero-order chi connectivity index (χ0) is 10.8. The normalized spacial score (nSPS) is 25.5. The molecule has 3 N–H and O–H groups in total. The highest BCUT2D eigenvalue weighted by molar-refractivity contribution is 5.57. The fraction of sp³-hybridized carbons (Fsp3) is 0.538. The summed E-state index contributed by atoms with van der Waals surface area (Å²) in [6.45, 7) is 4.30. The van der Waals surface area contributed by atoms with E-state index in [1.165, 1.54) is 29.7 Å². The van der Waals surface area contributed by atoms with Gasteiger partial charge in [-0.25, -0.2) is 0 Å². The van der Waals surface area contributed by atoms with Crippen LogP contribution in [0.25, 0.3) is 0 Å². The summed E-state index contributed by atoms with van der Waals surface area (Å²) in [7, 11) is 0. The monoisotopic (exact) mass is 204 g/mol. The van der Waals surface area contributed by atoms with E-state index < -0.39 is 0 Å². The molecule has 0 saturated heterocycles. The lowest BCUT2D eigenvalue weighted by Crippen LogP contribution is -2.35. The maximum atomic E-state index is 6.06. The molecule has 15 heavy (non-hydrogen) atoms. The number of hydrogen-bond donors (Lipinski definition) is 2. The van der Waals surface area contributed by atoms with E-state index in [9.17, 15) is 0 Å². The molecule has 0 amide bonds. The van der Waals surface area contributed by atoms with Gasteiger partial charge < -0.3 is 11.1 Å². The number of hydrogen-bond acceptors (Lipinski definition) is 2. The highest BCUT2D eigenvalue weighted by Crippen LogP contribution is 2.25. The molecule has 1 aromatic carbocycles. The second-order valence-electron chi connectivity index (χ2n) is 4.61. The van der Waals surface area contributed by atoms with Crippen LogP contribution in [0.3, 0.4) is 0 Å². The van der Waals surface area contributed by atoms with Crippen molar-refractivity contribution < 1.29 is 0 Å². The highest BCUT2D eigenvalue weighted by Gasteiger charge is 2.24. The van der Waals surface area contributed by atoms with Gasteiger partial charge >= 0.3 is 0 Å². The van der Waals surface area contributed by atoms with E-state index in [0.29, 0.717) is 12.1 Å². The molecule has 0 heterocycles. The van der Waals surface area contributed by atoms with Gasteiger partial charge in [0.1, 0.15) is 0 Å². The molecule has 1 aromatic rings. The van der Waals surface area contributed by atoms with Crippen LogP contribution in [-0.2, 0) is 0 Å². The highest BCUT2D eigenvalue weighted by atomic mass is 15.0. The molecule has 0 aromatic heterocycles. The summed E-state index contributed by atoms with van der Waals surface area (Å²) in [4.78, 5) is 0. The number of aryl methyl sites for hydroxylation is 2. The van der Waals surface area contributed by atoms with Gasteiger partial charge in [0, 0.05) is 17.8 Å². The third-order valence-corrected chi connectivity index (χ3v) is 3.38. The number of para-hydroxylation sites is 1. The number of rotatable bonds is 2. The summed E-state index contributed by atoms with van der Waals surface area (Å²) in [6.07, 6.45) is 3.61. The van der Waals surface area contributed by atoms with E-state index >= 15 is 0 Å². The zero-order valence-corrected chi connectivity index (χ0v) is 9.59. The molecule has 82 valence electrons. The van der Waals surface area contributed by atoms with E-state index in [1.807, 2.05) is 0 Å². The van der Waals surface area contributed by atoms with E-state index in [-0.39, 0.29) is 0 Å². The maximum Gasteiger partial charge on any atom is 0.0412 e. The first-order valence-corrected chi connectivity index (χ1v) is 5.77. The Hall–Kier alpha value is -1.02. The van der Waals surface area contributed by atoms with Crippen LogP contribution in [-0.4, -0.2) is 12.1 Å². The molecular formula is C13H20N2. The van der Waals surface area contributed by atoms with Gasteiger partial charge in [-0.2, -0.15) is 0 Å². The first-order chi connectivity index (χ1) is 7.18. The quantitative estimate of drug-likeness (QED) is 0.777. The van der Waals surface area contributed by atoms with Crippen LogP contribution in [0.5, 0.6) is 0 Å². The average Bonchev–Trinajstić information content (AvgIpc) is 2.58. The van der Waals surface area contributed by atoms with Gasteiger partial charge in [-0.15, -0.1) is 0 Å². The Bertz CT molecular complexity index is 326. The van der Waals surface area contributed by atoms with E-state index in [0.717, 1.165) is 6.42 Å². The van der Waals surface area contributed by atoms with Gasteiger partial charge in [0.05, 0.1) is 0 Å². The Balaban J connectivity index is 2.16. The molecule has 2 heteroatoms. The molecule has 2 atom stereocenters. The van der Waals surface area contributed by atoms with Crippen molar-refractivity contribution in [3.63, 3.8) is 0 Å². The van der Waals surface area contributed by atoms with E-state index in [2.05, 4.69) is 37.4 Å². The van der Waals surface area contributed by atoms with Crippen molar-refractivity contribution >= 4 is 5.69 Å². The number of nitrogens with two attached hydrogens (primary N) is 1. The minimum Gasteiger partial charge on any atom is -0.380 e. The fourth-order valence-electron chi connectivity index (χ4n) is 2.40. The lowest BCUT2D eigenvalue weighted by Gasteiger charge is -2.21. The summed E-state index contributed by atoms with van der Waals surface area (Å²) < 4.78 is 0. The van der Waals surface area contributed by atoms with Gasteiger partial charge in [-0.3, -0.25) is 0 Å². The molecule has 0 bridgehead atoms. The Kier molecular flexibility index (Phi) is 2.96. The van der Waals surface area contributed by atoms with Crippen molar-refractivity contribution in [2.45, 2.75) is 45.2 Å². The van der Waals surface area contributed by atoms with Gasteiger partial charge in [0.2, 0.25) is 0 Å². The number of benzene rings is 1. The van der Waals surface area contributed by atoms with Crippen molar-refractivity contribution in [2.75, 3.05) is 5.32 Å². The van der Waals surface area contributed by atoms with Crippen LogP contribution in [0, 0.1) is 13.8 Å². The standard InChI is InChI=1S/C13H20N2/c1-9-5-3-6-10(2)13(9)15-12-8-4-7-11(12)14/h3,5-6,11-12,15H,4,7-8,14H2,1-2H3. The first-order valence-electron chi connectivity index (χ1n) is 5.77. The van der Waals surface area contributed by atoms with Crippen LogP contribution in [0.1, 0.15) is 30.4 Å². The third kappa shape index (κ3) is 2.15. The number of nitrogens with one attached hydrogen (secondary N) is 1. The average molecular weight is 204 g/mol. The van der Waals surface area contributed by atoms with Crippen molar-refractivity contribution in [2.24, 2.45) is 5.73 Å². The Morgan fingerprint density at radius 3 is 2.40 bits per heavy atom. The minimum absolute atomic E-state index is 0.323. The molecule has 1 fully saturated rings. The zero-order valence-electron chi connectivity index (χ0n) is 9.59. The molecule has 0 radical (unpaired) electrons. The van der Waals surface area contributed by atoms with Crippen LogP contribution in [0.2, 0.25) is 0 Å². The van der Waals surface area contributed by atoms with Crippen LogP contribution in [0.4, 0.5) is 5.69 Å². The minimum atomic E-state index is 0.323. The Morgan fingerprint density at radius 1 is 1.20 bits per heavy atom. The Morgan fingerprint density at radius 2 is 1.87 bits per heavy atom. The van der Waals surface area contributed by atoms with Gasteiger partial charge in [-0.1, -0.05) is 18.2 Å². The Labute approximate surface area is 91.9 Å². The molecule has 2 rings (SSSR count). The summed E-state index contributed by atoms with van der Waals surface area (Å²) >= 11 is 0. The summed E-state index contributed by atoms with van der Waals surface area (Å²) in [5, 5.41) is 3.60. The molecule has 0 spiro atoms. The van der Waals surface area contributed by atoms with Gasteiger partial charge in [-0.05, 0) is 44.2 Å². The van der Waals surface area contributed by atoms with Gasteiger partial charge in [0.15, 0.2) is 0 Å². The molecule has 1 saturated carbocycles. The summed E-state index contributed by atoms with van der Waals surface area (Å²) in [5.74, 6) is 0. The van der Waals surface area contributed by atoms with E-state index in [4.69, 9.17) is 5.73 Å². The van der Waals surface area contributed by atoms with Gasteiger partial charge in [0.25, 0.3) is 0 Å². The molecule has 1 aliphatic carbocycles. The third-order valence-electron chi connectivity index (χ3n) is 3.38. The SMILES string of the molecule is Cc1cccc(C)c1NC1CCCC1N. The molecule has 2 unspecified atom stereocenters. The largest absolute Gasteiger partial charge is 0.380 e. The van der Waals surface area contributed by atoms with Crippen molar-refractivity contribution in [1.82, 2.24) is 0 Å². The molecular weight excluding hydrogens is 184 g/mol. The van der Waals surface area contributed by atoms with Crippen LogP contribution < -0.4 is 11.1 Å². The number of anilines is 1. The van der Waals surface area contributed by atoms with Crippen molar-refractivity contribution in [1.29, 1.82) is 0 Å². The van der Waals surface area contributed by atoms with Crippen molar-refractivity contribution in [3.8, 4) is 0 Å². The van der Waals surface area contributed by atoms with Crippen molar-refractivity contribution in [3.05, 3.63) is 29.3 Å². The lowest BCUT2D eigenvalue weighted by molar-refractivity contribution is 0.637. The maximum absolute atomic E-state index is 6.06. The van der Waals surface area contributed by atoms with Crippen LogP contribution in [0.15, 0.2) is 18.2 Å². The van der Waals surface area contributed by atoms with Crippen LogP contribution >= 0.6 is 0 Å².